The van der Waals surface area contributed by atoms with E-state index >= 15 is 0 Å². The average molecular weight is 349 g/mol. The van der Waals surface area contributed by atoms with Crippen LogP contribution in [0.3, 0.4) is 0 Å². The number of aryl methyl sites for hydroxylation is 1. The largest absolute Gasteiger partial charge is 0.413 e. The molecule has 19 heavy (non-hydrogen) atoms. The van der Waals surface area contributed by atoms with Crippen LogP contribution in [0.5, 0.6) is 0 Å². The Labute approximate surface area is 122 Å². The van der Waals surface area contributed by atoms with Crippen LogP contribution in [0.4, 0.5) is 0 Å². The summed E-state index contributed by atoms with van der Waals surface area (Å²) in [6.45, 7) is 5.54. The standard InChI is InChI=1S/C13H18BrO4P/c1-4-10-9-11(14)7-8-12(10)19(16,17-6-3)18-13(15)5-2/h7-9H,4-6H2,1-3H3. The van der Waals surface area contributed by atoms with Crippen LogP contribution in [0, 0.1) is 0 Å². The summed E-state index contributed by atoms with van der Waals surface area (Å²) in [6.07, 6.45) is 0.838. The first-order chi connectivity index (χ1) is 8.96. The van der Waals surface area contributed by atoms with E-state index in [-0.39, 0.29) is 13.0 Å². The molecule has 0 amide bonds. The molecule has 0 radical (unpaired) electrons. The fourth-order valence-electron chi connectivity index (χ4n) is 1.62. The van der Waals surface area contributed by atoms with Crippen molar-refractivity contribution in [2.24, 2.45) is 0 Å². The lowest BCUT2D eigenvalue weighted by Gasteiger charge is -2.19. The van der Waals surface area contributed by atoms with Gasteiger partial charge in [0.15, 0.2) is 0 Å². The van der Waals surface area contributed by atoms with E-state index in [1.807, 2.05) is 13.0 Å². The van der Waals surface area contributed by atoms with Gasteiger partial charge in [-0.25, -0.2) is 4.57 Å². The maximum atomic E-state index is 12.8. The molecule has 1 aromatic rings. The van der Waals surface area contributed by atoms with Crippen molar-refractivity contribution < 1.29 is 18.4 Å². The third-order valence-electron chi connectivity index (χ3n) is 2.53. The maximum Gasteiger partial charge on any atom is 0.413 e. The first-order valence-electron chi connectivity index (χ1n) is 6.22. The number of hydrogen-bond donors (Lipinski definition) is 0. The van der Waals surface area contributed by atoms with Gasteiger partial charge in [-0.1, -0.05) is 29.8 Å². The van der Waals surface area contributed by atoms with E-state index in [0.717, 1.165) is 10.0 Å². The molecule has 0 N–H and O–H groups in total. The highest BCUT2D eigenvalue weighted by atomic mass is 79.9. The summed E-state index contributed by atoms with van der Waals surface area (Å²) in [5.74, 6) is -0.526. The SMILES string of the molecule is CCOP(=O)(OC(=O)CC)c1ccc(Br)cc1CC. The second kappa shape index (κ2) is 7.22. The molecule has 1 rings (SSSR count). The molecule has 0 bridgehead atoms. The molecular formula is C13H18BrO4P. The van der Waals surface area contributed by atoms with Gasteiger partial charge in [0, 0.05) is 10.9 Å². The summed E-state index contributed by atoms with van der Waals surface area (Å²) in [5.41, 5.74) is 0.843. The van der Waals surface area contributed by atoms with Gasteiger partial charge in [0.1, 0.15) is 0 Å². The van der Waals surface area contributed by atoms with E-state index in [1.54, 1.807) is 26.0 Å². The van der Waals surface area contributed by atoms with Crippen molar-refractivity contribution >= 4 is 34.8 Å². The second-order valence-electron chi connectivity index (χ2n) is 3.86. The van der Waals surface area contributed by atoms with Crippen LogP contribution in [-0.2, 0) is 24.8 Å². The number of halogens is 1. The molecule has 1 unspecified atom stereocenters. The smallest absolute Gasteiger partial charge is 0.388 e. The Kier molecular flexibility index (Phi) is 6.24. The Morgan fingerprint density at radius 3 is 2.53 bits per heavy atom. The van der Waals surface area contributed by atoms with Gasteiger partial charge in [-0.05, 0) is 37.1 Å². The van der Waals surface area contributed by atoms with Crippen LogP contribution >= 0.6 is 23.5 Å². The van der Waals surface area contributed by atoms with Crippen molar-refractivity contribution in [1.82, 2.24) is 0 Å². The van der Waals surface area contributed by atoms with Crippen molar-refractivity contribution in [2.45, 2.75) is 33.6 Å². The Hall–Kier alpha value is -0.640. The molecule has 0 spiro atoms. The fourth-order valence-corrected chi connectivity index (χ4v) is 3.89. The minimum Gasteiger partial charge on any atom is -0.388 e. The molecule has 0 fully saturated rings. The van der Waals surface area contributed by atoms with Crippen LogP contribution in [0.25, 0.3) is 0 Å². The van der Waals surface area contributed by atoms with Crippen LogP contribution in [0.1, 0.15) is 32.8 Å². The number of carbonyl (C=O) groups excluding carboxylic acids is 1. The molecule has 0 saturated carbocycles. The van der Waals surface area contributed by atoms with Crippen LogP contribution < -0.4 is 5.30 Å². The minimum absolute atomic E-state index is 0.162. The number of carbonyl (C=O) groups is 1. The highest BCUT2D eigenvalue weighted by molar-refractivity contribution is 9.10. The second-order valence-corrected chi connectivity index (χ2v) is 6.69. The Balaban J connectivity index is 3.25. The lowest BCUT2D eigenvalue weighted by molar-refractivity contribution is -0.134. The maximum absolute atomic E-state index is 12.8. The molecule has 1 atom stereocenters. The molecule has 0 saturated heterocycles. The molecule has 0 aliphatic carbocycles. The van der Waals surface area contributed by atoms with E-state index in [4.69, 9.17) is 9.05 Å². The first-order valence-corrected chi connectivity index (χ1v) is 8.56. The minimum atomic E-state index is -3.59. The quantitative estimate of drug-likeness (QED) is 0.733. The molecule has 4 nitrogen and oxygen atoms in total. The third-order valence-corrected chi connectivity index (χ3v) is 5.09. The van der Waals surface area contributed by atoms with Crippen LogP contribution in [-0.4, -0.2) is 12.6 Å². The predicted octanol–water partition coefficient (Wildman–Crippen LogP) is 3.82. The predicted molar refractivity (Wildman–Crippen MR) is 78.8 cm³/mol. The lowest BCUT2D eigenvalue weighted by atomic mass is 10.2. The van der Waals surface area contributed by atoms with Crippen molar-refractivity contribution in [1.29, 1.82) is 0 Å². The Morgan fingerprint density at radius 2 is 2.00 bits per heavy atom. The molecular weight excluding hydrogens is 331 g/mol. The zero-order valence-electron chi connectivity index (χ0n) is 11.3. The topological polar surface area (TPSA) is 52.6 Å². The zero-order valence-corrected chi connectivity index (χ0v) is 13.8. The van der Waals surface area contributed by atoms with Gasteiger partial charge >= 0.3 is 13.6 Å². The van der Waals surface area contributed by atoms with Crippen molar-refractivity contribution in [2.75, 3.05) is 6.61 Å². The van der Waals surface area contributed by atoms with Gasteiger partial charge in [0.05, 0.1) is 11.9 Å². The van der Waals surface area contributed by atoms with E-state index < -0.39 is 13.6 Å². The summed E-state index contributed by atoms with van der Waals surface area (Å²) < 4.78 is 24.0. The lowest BCUT2D eigenvalue weighted by Crippen LogP contribution is -2.17. The van der Waals surface area contributed by atoms with E-state index in [1.165, 1.54) is 0 Å². The normalized spacial score (nSPS) is 13.9. The molecule has 0 aliphatic heterocycles. The molecule has 0 aromatic heterocycles. The average Bonchev–Trinajstić information content (AvgIpc) is 2.38. The van der Waals surface area contributed by atoms with E-state index in [9.17, 15) is 9.36 Å². The van der Waals surface area contributed by atoms with Gasteiger partial charge < -0.3 is 4.52 Å². The molecule has 0 aliphatic rings. The fraction of sp³-hybridized carbons (Fsp3) is 0.462. The first kappa shape index (κ1) is 16.4. The number of rotatable bonds is 6. The number of benzene rings is 1. The molecule has 1 aromatic carbocycles. The number of hydrogen-bond acceptors (Lipinski definition) is 4. The molecule has 106 valence electrons. The molecule has 0 heterocycles. The van der Waals surface area contributed by atoms with Gasteiger partial charge in [0.25, 0.3) is 0 Å². The van der Waals surface area contributed by atoms with Crippen LogP contribution in [0.2, 0.25) is 0 Å². The van der Waals surface area contributed by atoms with Crippen molar-refractivity contribution in [3.8, 4) is 0 Å². The summed E-state index contributed by atoms with van der Waals surface area (Å²) >= 11 is 3.37. The van der Waals surface area contributed by atoms with Crippen molar-refractivity contribution in [3.63, 3.8) is 0 Å². The third kappa shape index (κ3) is 4.16. The highest BCUT2D eigenvalue weighted by Crippen LogP contribution is 2.48. The summed E-state index contributed by atoms with van der Waals surface area (Å²) in [7, 11) is -3.59. The van der Waals surface area contributed by atoms with Gasteiger partial charge in [-0.3, -0.25) is 9.32 Å². The zero-order chi connectivity index (χ0) is 14.5. The monoisotopic (exact) mass is 348 g/mol. The van der Waals surface area contributed by atoms with E-state index in [2.05, 4.69) is 15.9 Å². The van der Waals surface area contributed by atoms with Crippen molar-refractivity contribution in [3.05, 3.63) is 28.2 Å². The van der Waals surface area contributed by atoms with Gasteiger partial charge in [-0.2, -0.15) is 0 Å². The van der Waals surface area contributed by atoms with Gasteiger partial charge in [0.2, 0.25) is 0 Å². The molecule has 6 heteroatoms. The summed E-state index contributed by atoms with van der Waals surface area (Å²) in [6, 6.07) is 5.31. The highest BCUT2D eigenvalue weighted by Gasteiger charge is 2.32. The van der Waals surface area contributed by atoms with Crippen LogP contribution in [0.15, 0.2) is 22.7 Å². The summed E-state index contributed by atoms with van der Waals surface area (Å²) in [4.78, 5) is 11.5. The summed E-state index contributed by atoms with van der Waals surface area (Å²) in [5, 5.41) is 0.460. The van der Waals surface area contributed by atoms with E-state index in [0.29, 0.717) is 11.7 Å². The van der Waals surface area contributed by atoms with Gasteiger partial charge in [-0.15, -0.1) is 0 Å². The Bertz CT molecular complexity index is 501. The Morgan fingerprint density at radius 1 is 1.32 bits per heavy atom.